The second-order valence-corrected chi connectivity index (χ2v) is 11.5. The van der Waals surface area contributed by atoms with Gasteiger partial charge in [-0.1, -0.05) is 17.7 Å². The van der Waals surface area contributed by atoms with E-state index in [0.29, 0.717) is 23.1 Å². The number of hydrogen-bond acceptors (Lipinski definition) is 6. The predicted molar refractivity (Wildman–Crippen MR) is 131 cm³/mol. The molecule has 2 aromatic rings. The molecule has 0 saturated heterocycles. The van der Waals surface area contributed by atoms with Crippen LogP contribution in [0.25, 0.3) is 0 Å². The summed E-state index contributed by atoms with van der Waals surface area (Å²) in [6.07, 6.45) is 0.936. The van der Waals surface area contributed by atoms with E-state index in [0.717, 1.165) is 4.31 Å². The normalized spacial score (nSPS) is 12.7. The van der Waals surface area contributed by atoms with Crippen LogP contribution in [0.4, 0.5) is 9.18 Å². The number of nitrogens with one attached hydrogen (secondary N) is 1. The van der Waals surface area contributed by atoms with Crippen LogP contribution in [0, 0.1) is 6.92 Å². The quantitative estimate of drug-likeness (QED) is 0.494. The largest absolute Gasteiger partial charge is 0.444 e. The fraction of sp³-hybridized carbons (Fsp3) is 0.435. The minimum Gasteiger partial charge on any atom is -0.444 e. The average Bonchev–Trinajstić information content (AvgIpc) is 3.00. The molecule has 0 atom stereocenters. The number of nitrogens with zero attached hydrogens (tertiary/aromatic N) is 3. The van der Waals surface area contributed by atoms with E-state index >= 15 is 0 Å². The zero-order valence-electron chi connectivity index (χ0n) is 20.6. The Morgan fingerprint density at radius 1 is 1.31 bits per heavy atom. The summed E-state index contributed by atoms with van der Waals surface area (Å²) in [6.45, 7) is 6.87. The van der Waals surface area contributed by atoms with Crippen molar-refractivity contribution in [1.29, 1.82) is 0 Å². The number of benzene rings is 1. The molecule has 0 bridgehead atoms. The Labute approximate surface area is 209 Å². The third-order valence-corrected chi connectivity index (χ3v) is 7.11. The first-order chi connectivity index (χ1) is 16.2. The van der Waals surface area contributed by atoms with Crippen LogP contribution in [0.5, 0.6) is 0 Å². The van der Waals surface area contributed by atoms with Crippen LogP contribution in [0.15, 0.2) is 35.0 Å². The summed E-state index contributed by atoms with van der Waals surface area (Å²) in [7, 11) is -0.892. The molecule has 0 aliphatic carbocycles. The van der Waals surface area contributed by atoms with Gasteiger partial charge in [0.25, 0.3) is 0 Å². The molecule has 0 radical (unpaired) electrons. The number of carbonyl (C=O) groups is 2. The van der Waals surface area contributed by atoms with Gasteiger partial charge in [-0.3, -0.25) is 9.48 Å². The molecular weight excluding hydrogens is 499 g/mol. The van der Waals surface area contributed by atoms with E-state index in [2.05, 4.69) is 10.4 Å². The number of carbonyl (C=O) groups excluding carboxylic acids is 2. The first-order valence-corrected chi connectivity index (χ1v) is 12.5. The summed E-state index contributed by atoms with van der Waals surface area (Å²) >= 11 is 6.21. The van der Waals surface area contributed by atoms with Crippen LogP contribution in [0.1, 0.15) is 48.1 Å². The van der Waals surface area contributed by atoms with Gasteiger partial charge in [0.05, 0.1) is 17.3 Å². The number of amides is 1. The Morgan fingerprint density at radius 3 is 2.51 bits per heavy atom. The second-order valence-electron chi connectivity index (χ2n) is 8.99. The van der Waals surface area contributed by atoms with E-state index < -0.39 is 27.5 Å². The maximum atomic E-state index is 14.5. The molecule has 9 nitrogen and oxygen atoms in total. The molecule has 1 amide bonds. The number of sulfonamides is 1. The maximum Gasteiger partial charge on any atom is 0.407 e. The molecule has 1 aromatic carbocycles. The molecule has 0 saturated carbocycles. The smallest absolute Gasteiger partial charge is 0.407 e. The third kappa shape index (κ3) is 7.61. The Morgan fingerprint density at radius 2 is 1.97 bits per heavy atom. The molecular formula is C23H30ClFN4O5S. The number of alkyl carbamates (subject to hydrolysis) is 1. The van der Waals surface area contributed by atoms with Gasteiger partial charge in [0.2, 0.25) is 10.0 Å². The number of aryl methyl sites for hydroxylation is 1. The Kier molecular flexibility index (Phi) is 9.21. The van der Waals surface area contributed by atoms with Crippen LogP contribution in [-0.4, -0.2) is 61.1 Å². The van der Waals surface area contributed by atoms with E-state index in [4.69, 9.17) is 16.3 Å². The first kappa shape index (κ1) is 28.5. The van der Waals surface area contributed by atoms with Gasteiger partial charge in [-0.15, -0.1) is 0 Å². The number of rotatable bonds is 9. The first-order valence-electron chi connectivity index (χ1n) is 10.7. The number of halogens is 2. The Hall–Kier alpha value is -2.76. The van der Waals surface area contributed by atoms with Crippen LogP contribution >= 0.6 is 11.6 Å². The fourth-order valence-corrected chi connectivity index (χ4v) is 4.56. The highest BCUT2D eigenvalue weighted by atomic mass is 35.5. The molecule has 0 unspecified atom stereocenters. The van der Waals surface area contributed by atoms with Crippen LogP contribution in [0.3, 0.4) is 0 Å². The van der Waals surface area contributed by atoms with E-state index in [-0.39, 0.29) is 35.1 Å². The molecule has 192 valence electrons. The third-order valence-electron chi connectivity index (χ3n) is 4.81. The van der Waals surface area contributed by atoms with Crippen molar-refractivity contribution >= 4 is 34.0 Å². The highest BCUT2D eigenvalue weighted by Gasteiger charge is 2.22. The van der Waals surface area contributed by atoms with E-state index in [1.807, 2.05) is 0 Å². The molecule has 1 N–H and O–H groups in total. The molecule has 1 aromatic heterocycles. The van der Waals surface area contributed by atoms with E-state index in [9.17, 15) is 22.4 Å². The minimum absolute atomic E-state index is 0.0342. The minimum atomic E-state index is -3.71. The van der Waals surface area contributed by atoms with Crippen molar-refractivity contribution in [1.82, 2.24) is 19.4 Å². The predicted octanol–water partition coefficient (Wildman–Crippen LogP) is 3.88. The standard InChI is InChI=1S/C23H30ClFN4O5S/c1-15-18(12-17(25)9-10-26-22(31)34-23(2,3)4)20(14-30)29(27-15)13-16-7-8-21(19(24)11-16)35(32,33)28(5)6/h7-9,11,14H,10,12-13H2,1-6H3,(H,26,31)/b17-9-. The summed E-state index contributed by atoms with van der Waals surface area (Å²) < 4.78 is 46.8. The van der Waals surface area contributed by atoms with Gasteiger partial charge >= 0.3 is 6.09 Å². The van der Waals surface area contributed by atoms with Crippen molar-refractivity contribution in [3.8, 4) is 0 Å². The van der Waals surface area contributed by atoms with Crippen molar-refractivity contribution in [2.45, 2.75) is 51.2 Å². The van der Waals surface area contributed by atoms with Crippen molar-refractivity contribution in [2.24, 2.45) is 0 Å². The number of aromatic nitrogens is 2. The SMILES string of the molecule is Cc1nn(Cc2ccc(S(=O)(=O)N(C)C)c(Cl)c2)c(C=O)c1C/C(F)=C/CNC(=O)OC(C)(C)C. The van der Waals surface area contributed by atoms with E-state index in [1.165, 1.54) is 37.0 Å². The molecule has 0 spiro atoms. The topological polar surface area (TPSA) is 111 Å². The summed E-state index contributed by atoms with van der Waals surface area (Å²) in [4.78, 5) is 23.4. The lowest BCUT2D eigenvalue weighted by Crippen LogP contribution is -2.32. The van der Waals surface area contributed by atoms with Crippen molar-refractivity contribution in [2.75, 3.05) is 20.6 Å². The van der Waals surface area contributed by atoms with Gasteiger partial charge in [-0.25, -0.2) is 21.9 Å². The van der Waals surface area contributed by atoms with Crippen LogP contribution in [-0.2, 0) is 27.7 Å². The van der Waals surface area contributed by atoms with Gasteiger partial charge in [0, 0.05) is 32.6 Å². The highest BCUT2D eigenvalue weighted by molar-refractivity contribution is 7.89. The lowest BCUT2D eigenvalue weighted by atomic mass is 10.1. The van der Waals surface area contributed by atoms with Crippen molar-refractivity contribution in [3.05, 3.63) is 57.6 Å². The lowest BCUT2D eigenvalue weighted by molar-refractivity contribution is 0.0533. The molecule has 0 aliphatic rings. The van der Waals surface area contributed by atoms with Crippen molar-refractivity contribution < 1.29 is 27.1 Å². The molecule has 1 heterocycles. The lowest BCUT2D eigenvalue weighted by Gasteiger charge is -2.19. The second kappa shape index (κ2) is 11.3. The van der Waals surface area contributed by atoms with Gasteiger partial charge in [0.1, 0.15) is 22.0 Å². The molecule has 12 heteroatoms. The van der Waals surface area contributed by atoms with Crippen LogP contribution < -0.4 is 5.32 Å². The zero-order valence-corrected chi connectivity index (χ0v) is 22.1. The number of ether oxygens (including phenoxy) is 1. The average molecular weight is 529 g/mol. The summed E-state index contributed by atoms with van der Waals surface area (Å²) in [5, 5.41) is 6.82. The van der Waals surface area contributed by atoms with Gasteiger partial charge in [-0.05, 0) is 51.5 Å². The Bertz CT molecular complexity index is 1230. The van der Waals surface area contributed by atoms with Gasteiger partial charge in [0.15, 0.2) is 6.29 Å². The van der Waals surface area contributed by atoms with Crippen molar-refractivity contribution in [3.63, 3.8) is 0 Å². The summed E-state index contributed by atoms with van der Waals surface area (Å²) in [5.41, 5.74) is 1.01. The molecule has 2 rings (SSSR count). The maximum absolute atomic E-state index is 14.5. The van der Waals surface area contributed by atoms with E-state index in [1.54, 1.807) is 33.8 Å². The van der Waals surface area contributed by atoms with Crippen LogP contribution in [0.2, 0.25) is 5.02 Å². The van der Waals surface area contributed by atoms with Gasteiger partial charge < -0.3 is 10.1 Å². The summed E-state index contributed by atoms with van der Waals surface area (Å²) in [5.74, 6) is -0.548. The number of aldehydes is 1. The molecule has 0 aliphatic heterocycles. The highest BCUT2D eigenvalue weighted by Crippen LogP contribution is 2.26. The fourth-order valence-electron chi connectivity index (χ4n) is 3.13. The van der Waals surface area contributed by atoms with Gasteiger partial charge in [-0.2, -0.15) is 5.10 Å². The monoisotopic (exact) mass is 528 g/mol. The summed E-state index contributed by atoms with van der Waals surface area (Å²) in [6, 6.07) is 4.47. The number of hydrogen-bond donors (Lipinski definition) is 1. The molecule has 35 heavy (non-hydrogen) atoms. The number of allylic oxidation sites excluding steroid dienone is 1. The molecule has 0 fully saturated rings. The zero-order chi connectivity index (χ0) is 26.6. The Balaban J connectivity index is 2.18.